The molecule has 2 nitrogen and oxygen atoms in total. The van der Waals surface area contributed by atoms with Crippen molar-refractivity contribution < 1.29 is 9.53 Å². The van der Waals surface area contributed by atoms with Crippen molar-refractivity contribution in [2.24, 2.45) is 0 Å². The Hall–Kier alpha value is -0.790. The Morgan fingerprint density at radius 2 is 2.30 bits per heavy atom. The van der Waals surface area contributed by atoms with Gasteiger partial charge < -0.3 is 4.74 Å². The average Bonchev–Trinajstić information content (AvgIpc) is 1.97. The van der Waals surface area contributed by atoms with Crippen LogP contribution in [0, 0.1) is 0 Å². The molecule has 0 aliphatic carbocycles. The van der Waals surface area contributed by atoms with Crippen molar-refractivity contribution in [3.8, 4) is 0 Å². The molecule has 0 aliphatic rings. The first-order chi connectivity index (χ1) is 4.91. The minimum atomic E-state index is 0.982. The van der Waals surface area contributed by atoms with E-state index in [1.165, 1.54) is 25.6 Å². The highest BCUT2D eigenvalue weighted by atomic mass is 16.5. The van der Waals surface area contributed by atoms with Gasteiger partial charge in [-0.05, 0) is 18.9 Å². The van der Waals surface area contributed by atoms with Gasteiger partial charge in [-0.25, -0.2) is 4.79 Å². The minimum Gasteiger partial charge on any atom is -0.426 e. The third-order valence-corrected chi connectivity index (χ3v) is 1.19. The van der Waals surface area contributed by atoms with Crippen LogP contribution in [0.25, 0.3) is 0 Å². The summed E-state index contributed by atoms with van der Waals surface area (Å²) in [7, 11) is 0. The van der Waals surface area contributed by atoms with Crippen LogP contribution in [0.3, 0.4) is 0 Å². The van der Waals surface area contributed by atoms with Crippen molar-refractivity contribution in [3.05, 3.63) is 12.3 Å². The zero-order valence-corrected chi connectivity index (χ0v) is 6.30. The van der Waals surface area contributed by atoms with Gasteiger partial charge in [0.25, 0.3) is 0 Å². The number of hydrogen-bond donors (Lipinski definition) is 0. The lowest BCUT2D eigenvalue weighted by Gasteiger charge is -1.89. The second-order valence-corrected chi connectivity index (χ2v) is 2.07. The molecule has 2 heteroatoms. The van der Waals surface area contributed by atoms with E-state index in [-0.39, 0.29) is 0 Å². The van der Waals surface area contributed by atoms with E-state index in [1.807, 2.05) is 6.08 Å². The van der Waals surface area contributed by atoms with Gasteiger partial charge in [-0.2, -0.15) is 0 Å². The summed E-state index contributed by atoms with van der Waals surface area (Å²) in [5.41, 5.74) is 0. The highest BCUT2D eigenvalue weighted by Crippen LogP contribution is 1.98. The molecule has 0 heterocycles. The molecule has 0 aliphatic heterocycles. The average molecular weight is 141 g/mol. The van der Waals surface area contributed by atoms with Crippen LogP contribution >= 0.6 is 0 Å². The molecule has 0 aromatic heterocycles. The second kappa shape index (κ2) is 8.21. The molecule has 0 bridgehead atoms. The maximum atomic E-state index is 9.50. The van der Waals surface area contributed by atoms with Gasteiger partial charge in [-0.15, -0.1) is 0 Å². The smallest absolute Gasteiger partial charge is 0.422 e. The molecule has 10 heavy (non-hydrogen) atoms. The van der Waals surface area contributed by atoms with Crippen LogP contribution in [0.15, 0.2) is 12.3 Å². The molecular weight excluding hydrogens is 128 g/mol. The van der Waals surface area contributed by atoms with E-state index in [1.54, 1.807) is 0 Å². The quantitative estimate of drug-likeness (QED) is 0.418. The fourth-order valence-corrected chi connectivity index (χ4v) is 0.656. The monoisotopic (exact) mass is 141 g/mol. The van der Waals surface area contributed by atoms with E-state index >= 15 is 0 Å². The fraction of sp³-hybridized carbons (Fsp3) is 0.625. The second-order valence-electron chi connectivity index (χ2n) is 2.07. The Labute approximate surface area is 61.9 Å². The van der Waals surface area contributed by atoms with Gasteiger partial charge in [0.1, 0.15) is 0 Å². The lowest BCUT2D eigenvalue weighted by Crippen LogP contribution is -1.74. The molecule has 0 amide bonds. The van der Waals surface area contributed by atoms with Gasteiger partial charge in [0.2, 0.25) is 0 Å². The zero-order valence-electron chi connectivity index (χ0n) is 6.30. The van der Waals surface area contributed by atoms with Gasteiger partial charge in [0.15, 0.2) is 0 Å². The van der Waals surface area contributed by atoms with E-state index in [0.29, 0.717) is 0 Å². The topological polar surface area (TPSA) is 26.3 Å². The minimum absolute atomic E-state index is 0.982. The molecule has 57 valence electrons. The summed E-state index contributed by atoms with van der Waals surface area (Å²) < 4.78 is 4.23. The highest BCUT2D eigenvalue weighted by molar-refractivity contribution is 5.39. The number of ether oxygens (including phenoxy) is 1. The van der Waals surface area contributed by atoms with E-state index < -0.39 is 0 Å². The van der Waals surface area contributed by atoms with Crippen molar-refractivity contribution in [2.45, 2.75) is 32.6 Å². The molecule has 1 radical (unpaired) electrons. The van der Waals surface area contributed by atoms with E-state index in [0.717, 1.165) is 12.8 Å². The van der Waals surface area contributed by atoms with Crippen LogP contribution in [0.1, 0.15) is 32.6 Å². The van der Waals surface area contributed by atoms with Gasteiger partial charge in [0, 0.05) is 0 Å². The first-order valence-corrected chi connectivity index (χ1v) is 3.59. The first kappa shape index (κ1) is 9.21. The fourth-order valence-electron chi connectivity index (χ4n) is 0.656. The molecule has 0 aromatic carbocycles. The molecule has 0 spiro atoms. The largest absolute Gasteiger partial charge is 0.426 e. The summed E-state index contributed by atoms with van der Waals surface area (Å²) in [6.45, 7) is 3.47. The standard InChI is InChI=1S/C8H13O2/c1-2-3-4-5-6-7-10-8-9/h6-7H,2-5H2,1H3. The van der Waals surface area contributed by atoms with E-state index in [4.69, 9.17) is 0 Å². The molecule has 0 rings (SSSR count). The van der Waals surface area contributed by atoms with E-state index in [2.05, 4.69) is 11.7 Å². The van der Waals surface area contributed by atoms with Crippen LogP contribution in [-0.4, -0.2) is 6.47 Å². The van der Waals surface area contributed by atoms with Crippen LogP contribution in [0.5, 0.6) is 0 Å². The molecule has 0 atom stereocenters. The summed E-state index contributed by atoms with van der Waals surface area (Å²) in [6, 6.07) is 0. The van der Waals surface area contributed by atoms with Crippen LogP contribution in [0.2, 0.25) is 0 Å². The molecule has 0 fully saturated rings. The summed E-state index contributed by atoms with van der Waals surface area (Å²) in [4.78, 5) is 9.50. The van der Waals surface area contributed by atoms with Crippen molar-refractivity contribution >= 4 is 6.47 Å². The maximum Gasteiger partial charge on any atom is 0.422 e. The SMILES string of the molecule is CCCCCC=CO[C]=O. The molecule has 0 N–H and O–H groups in total. The third kappa shape index (κ3) is 7.21. The number of hydrogen-bond acceptors (Lipinski definition) is 2. The lowest BCUT2D eigenvalue weighted by molar-refractivity contribution is 0.396. The first-order valence-electron chi connectivity index (χ1n) is 3.59. The lowest BCUT2D eigenvalue weighted by atomic mass is 10.2. The molecule has 0 unspecified atom stereocenters. The van der Waals surface area contributed by atoms with Crippen molar-refractivity contribution in [1.82, 2.24) is 0 Å². The number of unbranched alkanes of at least 4 members (excludes halogenated alkanes) is 3. The number of carbonyl (C=O) groups excluding carboxylic acids is 1. The molecular formula is C8H13O2. The zero-order chi connectivity index (χ0) is 7.66. The Morgan fingerprint density at radius 3 is 2.90 bits per heavy atom. The molecule has 0 saturated carbocycles. The third-order valence-electron chi connectivity index (χ3n) is 1.19. The molecule has 0 saturated heterocycles. The normalized spacial score (nSPS) is 10.1. The van der Waals surface area contributed by atoms with Crippen molar-refractivity contribution in [3.63, 3.8) is 0 Å². The van der Waals surface area contributed by atoms with Crippen LogP contribution in [0.4, 0.5) is 0 Å². The van der Waals surface area contributed by atoms with Crippen molar-refractivity contribution in [1.29, 1.82) is 0 Å². The number of allylic oxidation sites excluding steroid dienone is 1. The van der Waals surface area contributed by atoms with Crippen LogP contribution < -0.4 is 0 Å². The highest BCUT2D eigenvalue weighted by Gasteiger charge is 1.80. The summed E-state index contributed by atoms with van der Waals surface area (Å²) >= 11 is 0. The summed E-state index contributed by atoms with van der Waals surface area (Å²) in [5, 5.41) is 0. The van der Waals surface area contributed by atoms with Gasteiger partial charge in [-0.1, -0.05) is 19.8 Å². The summed E-state index contributed by atoms with van der Waals surface area (Å²) in [6.07, 6.45) is 7.80. The Bertz CT molecular complexity index is 97.4. The Balaban J connectivity index is 2.94. The van der Waals surface area contributed by atoms with Gasteiger partial charge in [-0.3, -0.25) is 0 Å². The van der Waals surface area contributed by atoms with Gasteiger partial charge in [0.05, 0.1) is 6.26 Å². The Kier molecular flexibility index (Phi) is 7.56. The molecule has 0 aromatic rings. The maximum absolute atomic E-state index is 9.50. The van der Waals surface area contributed by atoms with Gasteiger partial charge >= 0.3 is 6.47 Å². The Morgan fingerprint density at radius 1 is 1.50 bits per heavy atom. The number of rotatable bonds is 6. The summed E-state index contributed by atoms with van der Waals surface area (Å²) in [5.74, 6) is 0. The predicted molar refractivity (Wildman–Crippen MR) is 40.1 cm³/mol. The van der Waals surface area contributed by atoms with Crippen LogP contribution in [-0.2, 0) is 9.53 Å². The van der Waals surface area contributed by atoms with Crippen molar-refractivity contribution in [2.75, 3.05) is 0 Å². The van der Waals surface area contributed by atoms with E-state index in [9.17, 15) is 4.79 Å². The predicted octanol–water partition coefficient (Wildman–Crippen LogP) is 2.16.